The Hall–Kier alpha value is -1.12. The van der Waals surface area contributed by atoms with E-state index in [0.29, 0.717) is 5.92 Å². The summed E-state index contributed by atoms with van der Waals surface area (Å²) in [5.41, 5.74) is 7.57. The second-order valence-electron chi connectivity index (χ2n) is 5.34. The zero-order chi connectivity index (χ0) is 11.7. The lowest BCUT2D eigenvalue weighted by molar-refractivity contribution is 0.311. The Kier molecular flexibility index (Phi) is 3.00. The fourth-order valence-corrected chi connectivity index (χ4v) is 3.20. The van der Waals surface area contributed by atoms with Gasteiger partial charge in [-0.05, 0) is 23.8 Å². The predicted molar refractivity (Wildman–Crippen MR) is 70.4 cm³/mol. The molecule has 1 heterocycles. The molecular weight excluding hydrogens is 208 g/mol. The van der Waals surface area contributed by atoms with Gasteiger partial charge in [0.25, 0.3) is 0 Å². The van der Waals surface area contributed by atoms with Crippen molar-refractivity contribution in [1.82, 2.24) is 4.90 Å². The van der Waals surface area contributed by atoms with E-state index in [0.717, 1.165) is 19.0 Å². The third-order valence-electron chi connectivity index (χ3n) is 4.11. The Balaban J connectivity index is 1.65. The summed E-state index contributed by atoms with van der Waals surface area (Å²) in [5.74, 6) is 1.45. The van der Waals surface area contributed by atoms with Gasteiger partial charge in [-0.3, -0.25) is 4.90 Å². The first-order valence-electron chi connectivity index (χ1n) is 6.51. The molecule has 17 heavy (non-hydrogen) atoms. The minimum atomic E-state index is 0.273. The van der Waals surface area contributed by atoms with Gasteiger partial charge in [0.1, 0.15) is 0 Å². The van der Waals surface area contributed by atoms with Crippen molar-refractivity contribution in [3.63, 3.8) is 0 Å². The average Bonchev–Trinajstić information content (AvgIpc) is 2.74. The van der Waals surface area contributed by atoms with Gasteiger partial charge in [-0.25, -0.2) is 0 Å². The van der Waals surface area contributed by atoms with Crippen molar-refractivity contribution in [2.75, 3.05) is 13.1 Å². The van der Waals surface area contributed by atoms with Gasteiger partial charge in [0.15, 0.2) is 0 Å². The number of nitrogens with zero attached hydrogens (tertiary/aromatic N) is 1. The molecule has 3 atom stereocenters. The van der Waals surface area contributed by atoms with Crippen LogP contribution < -0.4 is 5.73 Å². The van der Waals surface area contributed by atoms with Crippen LogP contribution in [0.3, 0.4) is 0 Å². The SMILES string of the molecule is N[C@@H]1C=CC[C@@H]2CN(Cc3ccccc3)C[C@@H]21. The third-order valence-corrected chi connectivity index (χ3v) is 4.11. The van der Waals surface area contributed by atoms with Gasteiger partial charge >= 0.3 is 0 Å². The first-order valence-corrected chi connectivity index (χ1v) is 6.51. The number of benzene rings is 1. The molecule has 0 radical (unpaired) electrons. The molecule has 1 aromatic carbocycles. The largest absolute Gasteiger partial charge is 0.324 e. The van der Waals surface area contributed by atoms with E-state index < -0.39 is 0 Å². The van der Waals surface area contributed by atoms with Crippen LogP contribution in [0.1, 0.15) is 12.0 Å². The van der Waals surface area contributed by atoms with Gasteiger partial charge in [0.2, 0.25) is 0 Å². The Bertz CT molecular complexity index is 399. The molecule has 2 aliphatic rings. The van der Waals surface area contributed by atoms with Gasteiger partial charge in [-0.1, -0.05) is 42.5 Å². The maximum atomic E-state index is 6.16. The number of hydrogen-bond donors (Lipinski definition) is 1. The molecule has 1 aliphatic heterocycles. The van der Waals surface area contributed by atoms with Crippen LogP contribution in [0.4, 0.5) is 0 Å². The molecule has 2 nitrogen and oxygen atoms in total. The summed E-state index contributed by atoms with van der Waals surface area (Å²) < 4.78 is 0. The van der Waals surface area contributed by atoms with E-state index in [1.807, 2.05) is 0 Å². The van der Waals surface area contributed by atoms with Crippen molar-refractivity contribution in [3.8, 4) is 0 Å². The minimum absolute atomic E-state index is 0.273. The van der Waals surface area contributed by atoms with Gasteiger partial charge in [0, 0.05) is 25.7 Å². The van der Waals surface area contributed by atoms with Crippen molar-refractivity contribution in [3.05, 3.63) is 48.0 Å². The van der Waals surface area contributed by atoms with Gasteiger partial charge < -0.3 is 5.73 Å². The van der Waals surface area contributed by atoms with E-state index in [4.69, 9.17) is 5.73 Å². The van der Waals surface area contributed by atoms with Gasteiger partial charge in [0.05, 0.1) is 0 Å². The molecule has 1 aromatic rings. The van der Waals surface area contributed by atoms with Crippen LogP contribution in [0.25, 0.3) is 0 Å². The molecule has 0 amide bonds. The van der Waals surface area contributed by atoms with E-state index in [9.17, 15) is 0 Å². The molecule has 0 spiro atoms. The fraction of sp³-hybridized carbons (Fsp3) is 0.467. The van der Waals surface area contributed by atoms with Gasteiger partial charge in [-0.15, -0.1) is 0 Å². The molecule has 2 N–H and O–H groups in total. The Morgan fingerprint density at radius 3 is 2.76 bits per heavy atom. The molecule has 0 unspecified atom stereocenters. The molecule has 0 aromatic heterocycles. The van der Waals surface area contributed by atoms with Crippen LogP contribution in [0.5, 0.6) is 0 Å². The lowest BCUT2D eigenvalue weighted by Crippen LogP contribution is -2.35. The maximum Gasteiger partial charge on any atom is 0.0268 e. The second kappa shape index (κ2) is 4.63. The van der Waals surface area contributed by atoms with Crippen molar-refractivity contribution in [2.24, 2.45) is 17.6 Å². The van der Waals surface area contributed by atoms with Crippen LogP contribution in [0.2, 0.25) is 0 Å². The Morgan fingerprint density at radius 1 is 1.18 bits per heavy atom. The zero-order valence-corrected chi connectivity index (χ0v) is 10.1. The topological polar surface area (TPSA) is 29.3 Å². The highest BCUT2D eigenvalue weighted by Gasteiger charge is 2.36. The quantitative estimate of drug-likeness (QED) is 0.785. The molecular formula is C15H20N2. The molecule has 90 valence electrons. The standard InChI is InChI=1S/C15H20N2/c16-15-8-4-7-13-10-17(11-14(13)15)9-12-5-2-1-3-6-12/h1-6,8,13-15H,7,9-11,16H2/t13-,14+,15-/m1/s1. The first-order chi connectivity index (χ1) is 8.33. The number of allylic oxidation sites excluding steroid dienone is 1. The van der Waals surface area contributed by atoms with Crippen LogP contribution >= 0.6 is 0 Å². The van der Waals surface area contributed by atoms with E-state index in [-0.39, 0.29) is 6.04 Å². The summed E-state index contributed by atoms with van der Waals surface area (Å²) in [4.78, 5) is 2.55. The monoisotopic (exact) mass is 228 g/mol. The highest BCUT2D eigenvalue weighted by molar-refractivity contribution is 5.15. The second-order valence-corrected chi connectivity index (χ2v) is 5.34. The first kappa shape index (κ1) is 11.0. The van der Waals surface area contributed by atoms with Crippen molar-refractivity contribution >= 4 is 0 Å². The Morgan fingerprint density at radius 2 is 2.00 bits per heavy atom. The van der Waals surface area contributed by atoms with Gasteiger partial charge in [-0.2, -0.15) is 0 Å². The predicted octanol–water partition coefficient (Wildman–Crippen LogP) is 2.02. The minimum Gasteiger partial charge on any atom is -0.324 e. The molecule has 1 fully saturated rings. The number of hydrogen-bond acceptors (Lipinski definition) is 2. The molecule has 3 rings (SSSR count). The normalized spacial score (nSPS) is 32.6. The maximum absolute atomic E-state index is 6.16. The smallest absolute Gasteiger partial charge is 0.0268 e. The Labute approximate surface area is 103 Å². The number of likely N-dealkylation sites (tertiary alicyclic amines) is 1. The third kappa shape index (κ3) is 2.28. The van der Waals surface area contributed by atoms with Crippen LogP contribution in [-0.2, 0) is 6.54 Å². The van der Waals surface area contributed by atoms with E-state index in [2.05, 4.69) is 47.4 Å². The van der Waals surface area contributed by atoms with Crippen molar-refractivity contribution in [1.29, 1.82) is 0 Å². The number of fused-ring (bicyclic) bond motifs is 1. The zero-order valence-electron chi connectivity index (χ0n) is 10.1. The lowest BCUT2D eigenvalue weighted by atomic mass is 9.83. The summed E-state index contributed by atoms with van der Waals surface area (Å²) in [6.45, 7) is 3.43. The van der Waals surface area contributed by atoms with E-state index in [1.54, 1.807) is 0 Å². The summed E-state index contributed by atoms with van der Waals surface area (Å²) in [6.07, 6.45) is 5.66. The van der Waals surface area contributed by atoms with E-state index in [1.165, 1.54) is 18.5 Å². The van der Waals surface area contributed by atoms with Crippen LogP contribution in [0.15, 0.2) is 42.5 Å². The van der Waals surface area contributed by atoms with Crippen molar-refractivity contribution < 1.29 is 0 Å². The van der Waals surface area contributed by atoms with Crippen LogP contribution in [-0.4, -0.2) is 24.0 Å². The number of nitrogens with two attached hydrogens (primary N) is 1. The summed E-state index contributed by atoms with van der Waals surface area (Å²) in [7, 11) is 0. The molecule has 2 heteroatoms. The summed E-state index contributed by atoms with van der Waals surface area (Å²) >= 11 is 0. The average molecular weight is 228 g/mol. The molecule has 1 saturated heterocycles. The van der Waals surface area contributed by atoms with Crippen LogP contribution in [0, 0.1) is 11.8 Å². The molecule has 1 aliphatic carbocycles. The highest BCUT2D eigenvalue weighted by Crippen LogP contribution is 2.32. The molecule has 0 bridgehead atoms. The fourth-order valence-electron chi connectivity index (χ4n) is 3.20. The lowest BCUT2D eigenvalue weighted by Gasteiger charge is -2.25. The molecule has 0 saturated carbocycles. The summed E-state index contributed by atoms with van der Waals surface area (Å²) in [5, 5.41) is 0. The summed E-state index contributed by atoms with van der Waals surface area (Å²) in [6, 6.07) is 11.0. The number of rotatable bonds is 2. The van der Waals surface area contributed by atoms with E-state index >= 15 is 0 Å². The van der Waals surface area contributed by atoms with Crippen molar-refractivity contribution in [2.45, 2.75) is 19.0 Å². The highest BCUT2D eigenvalue weighted by atomic mass is 15.2.